The lowest BCUT2D eigenvalue weighted by Crippen LogP contribution is -2.44. The monoisotopic (exact) mass is 448 g/mol. The van der Waals surface area contributed by atoms with Gasteiger partial charge in [0.25, 0.3) is 0 Å². The van der Waals surface area contributed by atoms with Crippen LogP contribution in [0.15, 0.2) is 24.3 Å². The SMILES string of the molecule is CC(=O)OC1CC(CC(=O)OC(C)(C)CNC(=O)OC(C)(C)C)C(=O)Nc2ccccc21. The fraction of sp³-hybridized carbons (Fsp3) is 0.565. The molecule has 1 aliphatic heterocycles. The van der Waals surface area contributed by atoms with Gasteiger partial charge in [-0.15, -0.1) is 0 Å². The van der Waals surface area contributed by atoms with Crippen LogP contribution >= 0.6 is 0 Å². The quantitative estimate of drug-likeness (QED) is 0.505. The van der Waals surface area contributed by atoms with Crippen molar-refractivity contribution in [2.45, 2.75) is 71.7 Å². The summed E-state index contributed by atoms with van der Waals surface area (Å²) in [5.41, 5.74) is -0.448. The number of amides is 2. The molecule has 176 valence electrons. The Kier molecular flexibility index (Phi) is 7.87. The van der Waals surface area contributed by atoms with Crippen LogP contribution in [0.3, 0.4) is 0 Å². The van der Waals surface area contributed by atoms with Crippen LogP contribution < -0.4 is 10.6 Å². The Labute approximate surface area is 188 Å². The van der Waals surface area contributed by atoms with E-state index in [1.165, 1.54) is 6.92 Å². The number of hydrogen-bond donors (Lipinski definition) is 2. The molecule has 32 heavy (non-hydrogen) atoms. The molecule has 0 saturated heterocycles. The second kappa shape index (κ2) is 10.0. The van der Waals surface area contributed by atoms with Crippen LogP contribution in [-0.4, -0.2) is 41.7 Å². The molecule has 2 atom stereocenters. The standard InChI is InChI=1S/C23H32N2O7/c1-14(26)30-18-11-15(20(28)25-17-10-8-7-9-16(17)18)12-19(27)31-23(5,6)13-24-21(29)32-22(2,3)4/h7-10,15,18H,11-13H2,1-6H3,(H,24,29)(H,25,28). The van der Waals surface area contributed by atoms with Crippen molar-refractivity contribution >= 4 is 29.6 Å². The van der Waals surface area contributed by atoms with Crippen molar-refractivity contribution in [1.82, 2.24) is 5.32 Å². The zero-order chi connectivity index (χ0) is 24.1. The summed E-state index contributed by atoms with van der Waals surface area (Å²) in [7, 11) is 0. The number of carbonyl (C=O) groups is 4. The first-order chi connectivity index (χ1) is 14.8. The molecule has 1 aromatic rings. The van der Waals surface area contributed by atoms with Crippen LogP contribution in [0.2, 0.25) is 0 Å². The molecule has 2 rings (SSSR count). The summed E-state index contributed by atoms with van der Waals surface area (Å²) < 4.78 is 16.1. The van der Waals surface area contributed by atoms with Gasteiger partial charge >= 0.3 is 18.0 Å². The normalized spacial score (nSPS) is 18.5. The summed E-state index contributed by atoms with van der Waals surface area (Å²) in [5.74, 6) is -2.19. The van der Waals surface area contributed by atoms with E-state index in [9.17, 15) is 19.2 Å². The second-order valence-corrected chi connectivity index (χ2v) is 9.40. The summed E-state index contributed by atoms with van der Waals surface area (Å²) in [4.78, 5) is 48.8. The maximum atomic E-state index is 12.7. The molecule has 0 spiro atoms. The van der Waals surface area contributed by atoms with E-state index in [4.69, 9.17) is 14.2 Å². The maximum Gasteiger partial charge on any atom is 0.407 e. The van der Waals surface area contributed by atoms with Gasteiger partial charge in [-0.2, -0.15) is 0 Å². The number of nitrogens with one attached hydrogen (secondary N) is 2. The summed E-state index contributed by atoms with van der Waals surface area (Å²) in [6.45, 7) is 9.86. The zero-order valence-electron chi connectivity index (χ0n) is 19.4. The summed E-state index contributed by atoms with van der Waals surface area (Å²) in [6.07, 6.45) is -1.34. The summed E-state index contributed by atoms with van der Waals surface area (Å²) >= 11 is 0. The Bertz CT molecular complexity index is 873. The highest BCUT2D eigenvalue weighted by Gasteiger charge is 2.35. The fourth-order valence-corrected chi connectivity index (χ4v) is 3.29. The third kappa shape index (κ3) is 7.86. The molecule has 1 aromatic carbocycles. The lowest BCUT2D eigenvalue weighted by atomic mass is 9.95. The van der Waals surface area contributed by atoms with Crippen molar-refractivity contribution in [2.24, 2.45) is 5.92 Å². The van der Waals surface area contributed by atoms with Gasteiger partial charge < -0.3 is 24.8 Å². The molecule has 0 aliphatic carbocycles. The molecule has 1 aliphatic rings. The minimum Gasteiger partial charge on any atom is -0.458 e. The summed E-state index contributed by atoms with van der Waals surface area (Å²) in [5, 5.41) is 5.37. The largest absolute Gasteiger partial charge is 0.458 e. The zero-order valence-corrected chi connectivity index (χ0v) is 19.4. The van der Waals surface area contributed by atoms with Gasteiger partial charge in [0.2, 0.25) is 5.91 Å². The molecule has 9 heteroatoms. The van der Waals surface area contributed by atoms with Crippen LogP contribution in [0, 0.1) is 5.92 Å². The average molecular weight is 449 g/mol. The molecule has 2 unspecified atom stereocenters. The van der Waals surface area contributed by atoms with Gasteiger partial charge in [-0.05, 0) is 40.7 Å². The lowest BCUT2D eigenvalue weighted by molar-refractivity contribution is -0.158. The molecule has 9 nitrogen and oxygen atoms in total. The second-order valence-electron chi connectivity index (χ2n) is 9.40. The van der Waals surface area contributed by atoms with Crippen molar-refractivity contribution in [2.75, 3.05) is 11.9 Å². The number of para-hydroxylation sites is 1. The van der Waals surface area contributed by atoms with Crippen LogP contribution in [0.25, 0.3) is 0 Å². The van der Waals surface area contributed by atoms with E-state index in [2.05, 4.69) is 10.6 Å². The first kappa shape index (κ1) is 25.2. The Morgan fingerprint density at radius 3 is 2.38 bits per heavy atom. The Morgan fingerprint density at radius 2 is 1.75 bits per heavy atom. The molecule has 0 radical (unpaired) electrons. The third-order valence-electron chi connectivity index (χ3n) is 4.60. The number of hydrogen-bond acceptors (Lipinski definition) is 7. The molecule has 2 N–H and O–H groups in total. The third-order valence-corrected chi connectivity index (χ3v) is 4.60. The number of fused-ring (bicyclic) bond motifs is 1. The number of alkyl carbamates (subject to hydrolysis) is 1. The molecular formula is C23H32N2O7. The highest BCUT2D eigenvalue weighted by Crippen LogP contribution is 2.36. The van der Waals surface area contributed by atoms with Gasteiger partial charge in [-0.3, -0.25) is 14.4 Å². The van der Waals surface area contributed by atoms with Crippen LogP contribution in [0.4, 0.5) is 10.5 Å². The van der Waals surface area contributed by atoms with E-state index in [1.807, 2.05) is 0 Å². The predicted molar refractivity (Wildman–Crippen MR) is 117 cm³/mol. The van der Waals surface area contributed by atoms with Gasteiger partial charge in [-0.25, -0.2) is 4.79 Å². The van der Waals surface area contributed by atoms with Gasteiger partial charge in [0.15, 0.2) is 0 Å². The first-order valence-corrected chi connectivity index (χ1v) is 10.5. The van der Waals surface area contributed by atoms with E-state index in [-0.39, 0.29) is 25.3 Å². The van der Waals surface area contributed by atoms with Gasteiger partial charge in [0, 0.05) is 24.6 Å². The number of rotatable bonds is 6. The number of esters is 2. The molecule has 0 bridgehead atoms. The van der Waals surface area contributed by atoms with Gasteiger partial charge in [0.05, 0.1) is 18.9 Å². The molecule has 0 saturated carbocycles. The minimum absolute atomic E-state index is 0.0338. The molecule has 0 fully saturated rings. The minimum atomic E-state index is -1.02. The predicted octanol–water partition coefficient (Wildman–Crippen LogP) is 3.49. The lowest BCUT2D eigenvalue weighted by Gasteiger charge is -2.27. The van der Waals surface area contributed by atoms with Crippen molar-refractivity contribution < 1.29 is 33.4 Å². The van der Waals surface area contributed by atoms with Gasteiger partial charge in [0.1, 0.15) is 17.3 Å². The first-order valence-electron chi connectivity index (χ1n) is 10.5. The van der Waals surface area contributed by atoms with Crippen molar-refractivity contribution in [3.05, 3.63) is 29.8 Å². The number of ether oxygens (including phenoxy) is 3. The van der Waals surface area contributed by atoms with Crippen LogP contribution in [-0.2, 0) is 28.6 Å². The van der Waals surface area contributed by atoms with Gasteiger partial charge in [-0.1, -0.05) is 18.2 Å². The Hall–Kier alpha value is -3.10. The van der Waals surface area contributed by atoms with E-state index in [0.717, 1.165) is 0 Å². The van der Waals surface area contributed by atoms with Crippen molar-refractivity contribution in [3.8, 4) is 0 Å². The van der Waals surface area contributed by atoms with Crippen molar-refractivity contribution in [3.63, 3.8) is 0 Å². The average Bonchev–Trinajstić information content (AvgIpc) is 2.75. The molecular weight excluding hydrogens is 416 g/mol. The van der Waals surface area contributed by atoms with Crippen molar-refractivity contribution in [1.29, 1.82) is 0 Å². The van der Waals surface area contributed by atoms with E-state index in [1.54, 1.807) is 58.9 Å². The highest BCUT2D eigenvalue weighted by molar-refractivity contribution is 5.96. The van der Waals surface area contributed by atoms with Crippen LogP contribution in [0.5, 0.6) is 0 Å². The Balaban J connectivity index is 2.01. The number of anilines is 1. The Morgan fingerprint density at radius 1 is 1.09 bits per heavy atom. The number of carbonyl (C=O) groups excluding carboxylic acids is 4. The van der Waals surface area contributed by atoms with Crippen LogP contribution in [0.1, 0.15) is 66.1 Å². The van der Waals surface area contributed by atoms with E-state index >= 15 is 0 Å². The smallest absolute Gasteiger partial charge is 0.407 e. The molecule has 2 amide bonds. The number of benzene rings is 1. The fourth-order valence-electron chi connectivity index (χ4n) is 3.29. The molecule has 1 heterocycles. The molecule has 0 aromatic heterocycles. The maximum absolute atomic E-state index is 12.7. The highest BCUT2D eigenvalue weighted by atomic mass is 16.6. The summed E-state index contributed by atoms with van der Waals surface area (Å²) in [6, 6.07) is 7.04. The van der Waals surface area contributed by atoms with E-state index < -0.39 is 41.3 Å². The van der Waals surface area contributed by atoms with E-state index in [0.29, 0.717) is 11.3 Å². The topological polar surface area (TPSA) is 120 Å².